The molecule has 0 aliphatic carbocycles. The molecule has 0 aromatic heterocycles. The highest BCUT2D eigenvalue weighted by Crippen LogP contribution is 2.27. The van der Waals surface area contributed by atoms with Crippen LogP contribution in [0.4, 0.5) is 10.5 Å². The molecule has 5 N–H and O–H groups in total. The van der Waals surface area contributed by atoms with E-state index in [1.807, 2.05) is 0 Å². The van der Waals surface area contributed by atoms with Crippen molar-refractivity contribution in [2.75, 3.05) is 4.90 Å². The molecule has 2 aromatic rings. The van der Waals surface area contributed by atoms with Crippen LogP contribution in [0.2, 0.25) is 0 Å². The number of imide groups is 2. The van der Waals surface area contributed by atoms with E-state index >= 15 is 0 Å². The van der Waals surface area contributed by atoms with E-state index in [1.54, 1.807) is 30.3 Å². The minimum Gasteiger partial charge on any atom is -0.504 e. The van der Waals surface area contributed by atoms with Crippen LogP contribution in [-0.4, -0.2) is 33.5 Å². The number of carbonyl (C=O) groups is 3. The number of hydrogen-bond donors (Lipinski definition) is 3. The van der Waals surface area contributed by atoms with Gasteiger partial charge in [-0.3, -0.25) is 14.9 Å². The Bertz CT molecular complexity index is 876. The largest absolute Gasteiger partial charge is 0.504 e. The van der Waals surface area contributed by atoms with E-state index in [-0.39, 0.29) is 22.5 Å². The molecule has 1 fully saturated rings. The summed E-state index contributed by atoms with van der Waals surface area (Å²) in [5.41, 5.74) is 0.390. The second kappa shape index (κ2) is 6.85. The van der Waals surface area contributed by atoms with E-state index < -0.39 is 17.8 Å². The number of hydrogen-bond acceptors (Lipinski definition) is 5. The lowest BCUT2D eigenvalue weighted by Crippen LogP contribution is -2.54. The van der Waals surface area contributed by atoms with E-state index in [0.29, 0.717) is 11.3 Å². The van der Waals surface area contributed by atoms with Crippen LogP contribution in [0, 0.1) is 0 Å². The zero-order chi connectivity index (χ0) is 17.3. The molecule has 0 radical (unpaired) electrons. The Morgan fingerprint density at radius 1 is 0.920 bits per heavy atom. The summed E-state index contributed by atoms with van der Waals surface area (Å²) >= 11 is 0. The van der Waals surface area contributed by atoms with Crippen LogP contribution in [0.15, 0.2) is 54.1 Å². The molecule has 0 saturated carbocycles. The lowest BCUT2D eigenvalue weighted by molar-refractivity contribution is -0.122. The van der Waals surface area contributed by atoms with Gasteiger partial charge in [-0.25, -0.2) is 9.69 Å². The Labute approximate surface area is 141 Å². The maximum atomic E-state index is 12.6. The minimum absolute atomic E-state index is 0. The number of carbonyl (C=O) groups excluding carboxylic acids is 3. The van der Waals surface area contributed by atoms with Crippen LogP contribution in [-0.2, 0) is 9.59 Å². The van der Waals surface area contributed by atoms with E-state index in [9.17, 15) is 24.6 Å². The first-order chi connectivity index (χ1) is 11.5. The Morgan fingerprint density at radius 2 is 1.60 bits per heavy atom. The summed E-state index contributed by atoms with van der Waals surface area (Å²) in [6.45, 7) is 0. The lowest BCUT2D eigenvalue weighted by Gasteiger charge is -2.26. The molecular weight excluding hydrogens is 328 g/mol. The van der Waals surface area contributed by atoms with Crippen molar-refractivity contribution in [1.82, 2.24) is 5.32 Å². The number of para-hydroxylation sites is 1. The summed E-state index contributed by atoms with van der Waals surface area (Å²) < 4.78 is 0. The number of rotatable bonds is 2. The molecule has 2 aromatic carbocycles. The number of nitrogens with zero attached hydrogens (tertiary/aromatic N) is 1. The maximum absolute atomic E-state index is 12.6. The smallest absolute Gasteiger partial charge is 0.335 e. The molecular formula is C17H14N2O6. The highest BCUT2D eigenvalue weighted by atomic mass is 16.3. The van der Waals surface area contributed by atoms with Crippen molar-refractivity contribution in [3.05, 3.63) is 59.7 Å². The minimum atomic E-state index is -0.832. The van der Waals surface area contributed by atoms with Gasteiger partial charge in [0.05, 0.1) is 5.69 Å². The molecule has 128 valence electrons. The zero-order valence-corrected chi connectivity index (χ0v) is 12.8. The van der Waals surface area contributed by atoms with Crippen LogP contribution in [0.25, 0.3) is 6.08 Å². The van der Waals surface area contributed by atoms with E-state index in [4.69, 9.17) is 0 Å². The third-order valence-corrected chi connectivity index (χ3v) is 3.43. The normalized spacial score (nSPS) is 15.8. The topological polar surface area (TPSA) is 138 Å². The number of phenolic OH excluding ortho intramolecular Hbond substituents is 2. The number of anilines is 1. The number of aromatic hydroxyl groups is 2. The SMILES string of the molecule is O.O=C1NC(=O)N(c2ccccc2)C(=O)/C1=C\c1ccc(O)c(O)c1. The van der Waals surface area contributed by atoms with Gasteiger partial charge >= 0.3 is 6.03 Å². The summed E-state index contributed by atoms with van der Waals surface area (Å²) in [4.78, 5) is 37.4. The van der Waals surface area contributed by atoms with Gasteiger partial charge in [-0.05, 0) is 35.9 Å². The van der Waals surface area contributed by atoms with Gasteiger partial charge in [0.2, 0.25) is 0 Å². The molecule has 25 heavy (non-hydrogen) atoms. The average Bonchev–Trinajstić information content (AvgIpc) is 2.55. The van der Waals surface area contributed by atoms with Crippen molar-refractivity contribution in [2.24, 2.45) is 0 Å². The molecule has 8 nitrogen and oxygen atoms in total. The number of benzene rings is 2. The van der Waals surface area contributed by atoms with Gasteiger partial charge < -0.3 is 15.7 Å². The Morgan fingerprint density at radius 3 is 2.24 bits per heavy atom. The Hall–Kier alpha value is -3.65. The Balaban J connectivity index is 0.00000225. The number of urea groups is 1. The molecule has 1 aliphatic heterocycles. The summed E-state index contributed by atoms with van der Waals surface area (Å²) in [6, 6.07) is 11.2. The van der Waals surface area contributed by atoms with Crippen LogP contribution in [0.1, 0.15) is 5.56 Å². The molecule has 8 heteroatoms. The van der Waals surface area contributed by atoms with Gasteiger partial charge in [0.25, 0.3) is 11.8 Å². The molecule has 0 spiro atoms. The third-order valence-electron chi connectivity index (χ3n) is 3.43. The maximum Gasteiger partial charge on any atom is 0.335 e. The zero-order valence-electron chi connectivity index (χ0n) is 12.8. The van der Waals surface area contributed by atoms with Gasteiger partial charge in [0, 0.05) is 0 Å². The van der Waals surface area contributed by atoms with Crippen molar-refractivity contribution in [1.29, 1.82) is 0 Å². The van der Waals surface area contributed by atoms with Gasteiger partial charge in [-0.15, -0.1) is 0 Å². The van der Waals surface area contributed by atoms with Crippen molar-refractivity contribution in [2.45, 2.75) is 0 Å². The fraction of sp³-hybridized carbons (Fsp3) is 0. The lowest BCUT2D eigenvalue weighted by atomic mass is 10.1. The van der Waals surface area contributed by atoms with Crippen LogP contribution in [0.3, 0.4) is 0 Å². The van der Waals surface area contributed by atoms with Gasteiger partial charge in [0.1, 0.15) is 5.57 Å². The third kappa shape index (κ3) is 3.33. The number of phenols is 2. The predicted molar refractivity (Wildman–Crippen MR) is 88.8 cm³/mol. The first kappa shape index (κ1) is 17.7. The average molecular weight is 342 g/mol. The first-order valence-corrected chi connectivity index (χ1v) is 6.96. The van der Waals surface area contributed by atoms with Crippen LogP contribution >= 0.6 is 0 Å². The molecule has 4 amide bonds. The Kier molecular flexibility index (Phi) is 4.85. The molecule has 1 aliphatic rings. The monoisotopic (exact) mass is 342 g/mol. The molecule has 0 unspecified atom stereocenters. The van der Waals surface area contributed by atoms with Gasteiger partial charge in [-0.2, -0.15) is 0 Å². The molecule has 0 bridgehead atoms. The van der Waals surface area contributed by atoms with E-state index in [0.717, 1.165) is 4.90 Å². The fourth-order valence-corrected chi connectivity index (χ4v) is 2.27. The summed E-state index contributed by atoms with van der Waals surface area (Å²) in [5.74, 6) is -2.31. The summed E-state index contributed by atoms with van der Waals surface area (Å²) in [7, 11) is 0. The fourth-order valence-electron chi connectivity index (χ4n) is 2.27. The van der Waals surface area contributed by atoms with Crippen molar-refractivity contribution in [3.8, 4) is 11.5 Å². The highest BCUT2D eigenvalue weighted by molar-refractivity contribution is 6.39. The first-order valence-electron chi connectivity index (χ1n) is 6.96. The van der Waals surface area contributed by atoms with E-state index in [2.05, 4.69) is 5.32 Å². The second-order valence-electron chi connectivity index (χ2n) is 5.04. The van der Waals surface area contributed by atoms with Crippen molar-refractivity contribution < 1.29 is 30.1 Å². The van der Waals surface area contributed by atoms with Crippen molar-refractivity contribution >= 4 is 29.6 Å². The number of amides is 4. The summed E-state index contributed by atoms with van der Waals surface area (Å²) in [5, 5.41) is 20.9. The van der Waals surface area contributed by atoms with Crippen LogP contribution in [0.5, 0.6) is 11.5 Å². The van der Waals surface area contributed by atoms with Gasteiger partial charge in [-0.1, -0.05) is 24.3 Å². The van der Waals surface area contributed by atoms with Crippen LogP contribution < -0.4 is 10.2 Å². The molecule has 0 atom stereocenters. The highest BCUT2D eigenvalue weighted by Gasteiger charge is 2.36. The van der Waals surface area contributed by atoms with Crippen molar-refractivity contribution in [3.63, 3.8) is 0 Å². The molecule has 1 saturated heterocycles. The predicted octanol–water partition coefficient (Wildman–Crippen LogP) is 0.940. The quantitative estimate of drug-likeness (QED) is 0.423. The number of barbiturate groups is 1. The van der Waals surface area contributed by atoms with E-state index in [1.165, 1.54) is 24.3 Å². The summed E-state index contributed by atoms with van der Waals surface area (Å²) in [6.07, 6.45) is 1.24. The molecule has 1 heterocycles. The van der Waals surface area contributed by atoms with Gasteiger partial charge in [0.15, 0.2) is 11.5 Å². The standard InChI is InChI=1S/C17H12N2O5.H2O/c20-13-7-6-10(9-14(13)21)8-12-15(22)18-17(24)19(16(12)23)11-4-2-1-3-5-11;/h1-9,20-21H,(H,18,22,24);1H2/b12-8-;. The second-order valence-corrected chi connectivity index (χ2v) is 5.04. The number of nitrogens with one attached hydrogen (secondary N) is 1. The molecule has 3 rings (SSSR count).